The van der Waals surface area contributed by atoms with E-state index in [0.29, 0.717) is 6.04 Å². The molecule has 1 saturated carbocycles. The molecule has 3 nitrogen and oxygen atoms in total. The van der Waals surface area contributed by atoms with Crippen molar-refractivity contribution in [2.24, 2.45) is 5.92 Å². The van der Waals surface area contributed by atoms with Crippen LogP contribution in [-0.2, 0) is 6.42 Å². The minimum absolute atomic E-state index is 0.598. The second kappa shape index (κ2) is 4.86. The Kier molecular flexibility index (Phi) is 3.22. The van der Waals surface area contributed by atoms with Gasteiger partial charge in [0.15, 0.2) is 0 Å². The lowest BCUT2D eigenvalue weighted by Crippen LogP contribution is -2.02. The van der Waals surface area contributed by atoms with Crippen molar-refractivity contribution in [3.05, 3.63) is 39.9 Å². The van der Waals surface area contributed by atoms with Crippen molar-refractivity contribution in [1.29, 1.82) is 0 Å². The van der Waals surface area contributed by atoms with Gasteiger partial charge in [-0.3, -0.25) is 0 Å². The number of rotatable bonds is 4. The fourth-order valence-corrected chi connectivity index (χ4v) is 2.80. The third-order valence-electron chi connectivity index (χ3n) is 3.15. The minimum atomic E-state index is 0.598. The van der Waals surface area contributed by atoms with Gasteiger partial charge in [0.05, 0.1) is 0 Å². The quantitative estimate of drug-likeness (QED) is 0.929. The monoisotopic (exact) mass is 279 g/mol. The largest absolute Gasteiger partial charge is 0.357 e. The van der Waals surface area contributed by atoms with Crippen molar-refractivity contribution < 1.29 is 0 Å². The molecule has 5 heteroatoms. The standard InChI is InChI=1S/C13H14ClN3S/c1-8-6-11(8)15-13-17-16-12(18-13)7-9-2-4-10(14)5-3-9/h2-5,8,11H,6-7H2,1H3,(H,15,17). The molecular weight excluding hydrogens is 266 g/mol. The van der Waals surface area contributed by atoms with Crippen molar-refractivity contribution in [2.75, 3.05) is 5.32 Å². The van der Waals surface area contributed by atoms with Crippen molar-refractivity contribution in [3.63, 3.8) is 0 Å². The Morgan fingerprint density at radius 2 is 2.06 bits per heavy atom. The van der Waals surface area contributed by atoms with Crippen molar-refractivity contribution in [2.45, 2.75) is 25.8 Å². The van der Waals surface area contributed by atoms with Gasteiger partial charge >= 0.3 is 0 Å². The first-order chi connectivity index (χ1) is 8.70. The summed E-state index contributed by atoms with van der Waals surface area (Å²) >= 11 is 7.50. The third kappa shape index (κ3) is 2.82. The number of nitrogens with one attached hydrogen (secondary N) is 1. The van der Waals surface area contributed by atoms with Crippen LogP contribution in [0.25, 0.3) is 0 Å². The van der Waals surface area contributed by atoms with Crippen LogP contribution < -0.4 is 5.32 Å². The van der Waals surface area contributed by atoms with Gasteiger partial charge in [-0.15, -0.1) is 10.2 Å². The molecule has 1 fully saturated rings. The molecule has 0 bridgehead atoms. The van der Waals surface area contributed by atoms with Gasteiger partial charge in [-0.25, -0.2) is 0 Å². The van der Waals surface area contributed by atoms with E-state index in [1.54, 1.807) is 11.3 Å². The summed E-state index contributed by atoms with van der Waals surface area (Å²) in [6.45, 7) is 2.24. The first kappa shape index (κ1) is 11.9. The molecule has 0 saturated heterocycles. The zero-order valence-electron chi connectivity index (χ0n) is 10.1. The zero-order valence-corrected chi connectivity index (χ0v) is 11.6. The summed E-state index contributed by atoms with van der Waals surface area (Å²) in [5, 5.41) is 14.5. The molecule has 2 unspecified atom stereocenters. The first-order valence-electron chi connectivity index (χ1n) is 6.04. The van der Waals surface area contributed by atoms with Crippen molar-refractivity contribution >= 4 is 28.1 Å². The molecule has 3 rings (SSSR count). The molecule has 0 spiro atoms. The predicted octanol–water partition coefficient (Wildman–Crippen LogP) is 3.60. The van der Waals surface area contributed by atoms with E-state index in [1.165, 1.54) is 12.0 Å². The molecule has 1 aliphatic carbocycles. The Morgan fingerprint density at radius 3 is 2.72 bits per heavy atom. The zero-order chi connectivity index (χ0) is 12.5. The lowest BCUT2D eigenvalue weighted by atomic mass is 10.2. The lowest BCUT2D eigenvalue weighted by Gasteiger charge is -1.97. The van der Waals surface area contributed by atoms with Gasteiger partial charge in [-0.05, 0) is 30.0 Å². The maximum Gasteiger partial charge on any atom is 0.205 e. The van der Waals surface area contributed by atoms with Gasteiger partial charge in [-0.1, -0.05) is 42.0 Å². The van der Waals surface area contributed by atoms with E-state index in [9.17, 15) is 0 Å². The highest BCUT2D eigenvalue weighted by atomic mass is 35.5. The summed E-state index contributed by atoms with van der Waals surface area (Å²) in [6.07, 6.45) is 2.06. The third-order valence-corrected chi connectivity index (χ3v) is 4.26. The number of aromatic nitrogens is 2. The molecule has 94 valence electrons. The normalized spacial score (nSPS) is 21.9. The molecule has 0 aliphatic heterocycles. The Bertz CT molecular complexity index is 537. The van der Waals surface area contributed by atoms with Crippen LogP contribution in [0.4, 0.5) is 5.13 Å². The van der Waals surface area contributed by atoms with Crippen LogP contribution in [-0.4, -0.2) is 16.2 Å². The molecule has 1 aromatic carbocycles. The van der Waals surface area contributed by atoms with Gasteiger partial charge in [0.2, 0.25) is 5.13 Å². The van der Waals surface area contributed by atoms with Crippen LogP contribution in [0, 0.1) is 5.92 Å². The summed E-state index contributed by atoms with van der Waals surface area (Å²) in [5.41, 5.74) is 1.21. The van der Waals surface area contributed by atoms with E-state index in [2.05, 4.69) is 22.4 Å². The van der Waals surface area contributed by atoms with Gasteiger partial charge in [0.1, 0.15) is 5.01 Å². The van der Waals surface area contributed by atoms with Crippen molar-refractivity contribution in [1.82, 2.24) is 10.2 Å². The molecule has 1 heterocycles. The second-order valence-electron chi connectivity index (χ2n) is 4.77. The summed E-state index contributed by atoms with van der Waals surface area (Å²) in [4.78, 5) is 0. The molecule has 18 heavy (non-hydrogen) atoms. The average molecular weight is 280 g/mol. The number of nitrogens with zero attached hydrogens (tertiary/aromatic N) is 2. The van der Waals surface area contributed by atoms with Crippen LogP contribution in [0.3, 0.4) is 0 Å². The predicted molar refractivity (Wildman–Crippen MR) is 75.4 cm³/mol. The fraction of sp³-hybridized carbons (Fsp3) is 0.385. The van der Waals surface area contributed by atoms with Crippen LogP contribution in [0.15, 0.2) is 24.3 Å². The van der Waals surface area contributed by atoms with E-state index < -0.39 is 0 Å². The van der Waals surface area contributed by atoms with Crippen LogP contribution in [0.1, 0.15) is 23.9 Å². The molecule has 2 aromatic rings. The molecule has 2 atom stereocenters. The Morgan fingerprint density at radius 1 is 1.33 bits per heavy atom. The van der Waals surface area contributed by atoms with Gasteiger partial charge < -0.3 is 5.32 Å². The fourth-order valence-electron chi connectivity index (χ4n) is 1.84. The highest BCUT2D eigenvalue weighted by Crippen LogP contribution is 2.33. The van der Waals surface area contributed by atoms with E-state index in [0.717, 1.165) is 27.5 Å². The first-order valence-corrected chi connectivity index (χ1v) is 7.23. The Balaban J connectivity index is 1.64. The second-order valence-corrected chi connectivity index (χ2v) is 6.27. The summed E-state index contributed by atoms with van der Waals surface area (Å²) in [5.74, 6) is 0.772. The maximum atomic E-state index is 5.86. The molecule has 0 amide bonds. The Labute approximate surface area is 115 Å². The summed E-state index contributed by atoms with van der Waals surface area (Å²) < 4.78 is 0. The van der Waals surface area contributed by atoms with E-state index in [-0.39, 0.29) is 0 Å². The lowest BCUT2D eigenvalue weighted by molar-refractivity contribution is 0.918. The highest BCUT2D eigenvalue weighted by molar-refractivity contribution is 7.15. The van der Waals surface area contributed by atoms with E-state index in [4.69, 9.17) is 11.6 Å². The molecule has 1 aliphatic rings. The molecular formula is C13H14ClN3S. The topological polar surface area (TPSA) is 37.8 Å². The van der Waals surface area contributed by atoms with Gasteiger partial charge in [-0.2, -0.15) is 0 Å². The van der Waals surface area contributed by atoms with Crippen LogP contribution in [0.2, 0.25) is 5.02 Å². The maximum absolute atomic E-state index is 5.86. The summed E-state index contributed by atoms with van der Waals surface area (Å²) in [7, 11) is 0. The molecule has 0 radical (unpaired) electrons. The minimum Gasteiger partial charge on any atom is -0.357 e. The number of anilines is 1. The number of hydrogen-bond acceptors (Lipinski definition) is 4. The van der Waals surface area contributed by atoms with Crippen LogP contribution in [0.5, 0.6) is 0 Å². The number of benzene rings is 1. The Hall–Kier alpha value is -1.13. The smallest absolute Gasteiger partial charge is 0.205 e. The van der Waals surface area contributed by atoms with Gasteiger partial charge in [0, 0.05) is 17.5 Å². The van der Waals surface area contributed by atoms with Crippen molar-refractivity contribution in [3.8, 4) is 0 Å². The highest BCUT2D eigenvalue weighted by Gasteiger charge is 2.33. The molecule has 1 aromatic heterocycles. The van der Waals surface area contributed by atoms with Gasteiger partial charge in [0.25, 0.3) is 0 Å². The summed E-state index contributed by atoms with van der Waals surface area (Å²) in [6, 6.07) is 8.47. The van der Waals surface area contributed by atoms with Crippen LogP contribution >= 0.6 is 22.9 Å². The number of halogens is 1. The van der Waals surface area contributed by atoms with E-state index >= 15 is 0 Å². The molecule has 1 N–H and O–H groups in total. The average Bonchev–Trinajstić information content (AvgIpc) is 2.86. The SMILES string of the molecule is CC1CC1Nc1nnc(Cc2ccc(Cl)cc2)s1. The number of hydrogen-bond donors (Lipinski definition) is 1. The van der Waals surface area contributed by atoms with E-state index in [1.807, 2.05) is 24.3 Å².